The van der Waals surface area contributed by atoms with Crippen molar-refractivity contribution >= 4 is 27.5 Å². The number of methoxy groups -OCH3 is 1. The van der Waals surface area contributed by atoms with Crippen LogP contribution in [0.15, 0.2) is 69.8 Å². The van der Waals surface area contributed by atoms with Gasteiger partial charge in [0.2, 0.25) is 11.7 Å². The number of amides is 1. The number of hydrogen-bond donors (Lipinski definition) is 1. The normalized spacial score (nSPS) is 10.8. The lowest BCUT2D eigenvalue weighted by Crippen LogP contribution is -2.19. The maximum absolute atomic E-state index is 12.6. The van der Waals surface area contributed by atoms with Crippen LogP contribution in [0, 0.1) is 6.92 Å². The van der Waals surface area contributed by atoms with Gasteiger partial charge in [-0.25, -0.2) is 0 Å². The van der Waals surface area contributed by atoms with Crippen molar-refractivity contribution in [3.8, 4) is 28.7 Å². The molecule has 2 aromatic heterocycles. The molecule has 0 aliphatic heterocycles. The SMILES string of the molecule is COc1ccc(C)cc1NC(=O)Cn1cccc1-c1nc(-c2ccc(Br)cc2)no1. The number of halogens is 1. The monoisotopic (exact) mass is 466 g/mol. The molecule has 152 valence electrons. The van der Waals surface area contributed by atoms with E-state index in [0.717, 1.165) is 15.6 Å². The van der Waals surface area contributed by atoms with Crippen LogP contribution < -0.4 is 10.1 Å². The number of hydrogen-bond acceptors (Lipinski definition) is 5. The summed E-state index contributed by atoms with van der Waals surface area (Å²) in [5, 5.41) is 6.96. The molecule has 7 nitrogen and oxygen atoms in total. The Labute approximate surface area is 181 Å². The van der Waals surface area contributed by atoms with Crippen LogP contribution >= 0.6 is 15.9 Å². The molecule has 1 N–H and O–H groups in total. The van der Waals surface area contributed by atoms with Gasteiger partial charge in [0, 0.05) is 16.2 Å². The van der Waals surface area contributed by atoms with Gasteiger partial charge in [-0.3, -0.25) is 4.79 Å². The van der Waals surface area contributed by atoms with Crippen molar-refractivity contribution in [3.05, 3.63) is 70.8 Å². The molecule has 4 aromatic rings. The highest BCUT2D eigenvalue weighted by Gasteiger charge is 2.16. The molecule has 0 aliphatic carbocycles. The van der Waals surface area contributed by atoms with Crippen LogP contribution in [0.4, 0.5) is 5.69 Å². The molecular formula is C22H19BrN4O3. The number of nitrogens with one attached hydrogen (secondary N) is 1. The van der Waals surface area contributed by atoms with Crippen molar-refractivity contribution in [2.75, 3.05) is 12.4 Å². The van der Waals surface area contributed by atoms with Crippen molar-refractivity contribution in [1.29, 1.82) is 0 Å². The van der Waals surface area contributed by atoms with E-state index >= 15 is 0 Å². The quantitative estimate of drug-likeness (QED) is 0.435. The number of benzene rings is 2. The van der Waals surface area contributed by atoms with E-state index in [2.05, 4.69) is 31.4 Å². The van der Waals surface area contributed by atoms with E-state index in [0.29, 0.717) is 28.8 Å². The zero-order valence-corrected chi connectivity index (χ0v) is 18.0. The second-order valence-corrected chi connectivity index (χ2v) is 7.62. The molecule has 0 aliphatic rings. The van der Waals surface area contributed by atoms with Crippen LogP contribution in [0.5, 0.6) is 5.75 Å². The van der Waals surface area contributed by atoms with Gasteiger partial charge < -0.3 is 19.1 Å². The minimum atomic E-state index is -0.191. The largest absolute Gasteiger partial charge is 0.495 e. The maximum Gasteiger partial charge on any atom is 0.274 e. The first-order valence-corrected chi connectivity index (χ1v) is 10.0. The first-order chi connectivity index (χ1) is 14.5. The third-order valence-electron chi connectivity index (χ3n) is 4.52. The van der Waals surface area contributed by atoms with E-state index in [4.69, 9.17) is 9.26 Å². The molecule has 0 spiro atoms. The highest BCUT2D eigenvalue weighted by molar-refractivity contribution is 9.10. The highest BCUT2D eigenvalue weighted by Crippen LogP contribution is 2.26. The predicted octanol–water partition coefficient (Wildman–Crippen LogP) is 4.92. The Bertz CT molecular complexity index is 1180. The Morgan fingerprint density at radius 3 is 2.77 bits per heavy atom. The number of carbonyl (C=O) groups excluding carboxylic acids is 1. The third-order valence-corrected chi connectivity index (χ3v) is 5.05. The topological polar surface area (TPSA) is 82.2 Å². The number of nitrogens with zero attached hydrogens (tertiary/aromatic N) is 3. The zero-order valence-electron chi connectivity index (χ0n) is 16.4. The van der Waals surface area contributed by atoms with Crippen LogP contribution in [0.25, 0.3) is 23.0 Å². The van der Waals surface area contributed by atoms with E-state index in [1.54, 1.807) is 17.9 Å². The van der Waals surface area contributed by atoms with Gasteiger partial charge in [0.05, 0.1) is 12.8 Å². The van der Waals surface area contributed by atoms with Gasteiger partial charge in [0.25, 0.3) is 5.89 Å². The molecule has 0 atom stereocenters. The van der Waals surface area contributed by atoms with Crippen molar-refractivity contribution in [3.63, 3.8) is 0 Å². The molecular weight excluding hydrogens is 448 g/mol. The Morgan fingerprint density at radius 1 is 1.20 bits per heavy atom. The Morgan fingerprint density at radius 2 is 2.00 bits per heavy atom. The minimum absolute atomic E-state index is 0.0927. The average Bonchev–Trinajstić information content (AvgIpc) is 3.38. The molecule has 0 saturated carbocycles. The summed E-state index contributed by atoms with van der Waals surface area (Å²) < 4.78 is 13.5. The molecule has 0 unspecified atom stereocenters. The number of ether oxygens (including phenoxy) is 1. The summed E-state index contributed by atoms with van der Waals surface area (Å²) in [6, 6.07) is 16.9. The molecule has 0 radical (unpaired) electrons. The van der Waals surface area contributed by atoms with Crippen molar-refractivity contribution < 1.29 is 14.1 Å². The zero-order chi connectivity index (χ0) is 21.1. The first-order valence-electron chi connectivity index (χ1n) is 9.23. The van der Waals surface area contributed by atoms with E-state index in [1.165, 1.54) is 0 Å². The van der Waals surface area contributed by atoms with Gasteiger partial charge in [0.1, 0.15) is 18.0 Å². The fourth-order valence-corrected chi connectivity index (χ4v) is 3.32. The van der Waals surface area contributed by atoms with E-state index in [1.807, 2.05) is 61.5 Å². The van der Waals surface area contributed by atoms with E-state index < -0.39 is 0 Å². The molecule has 2 heterocycles. The van der Waals surface area contributed by atoms with Crippen molar-refractivity contribution in [2.45, 2.75) is 13.5 Å². The second kappa shape index (κ2) is 8.54. The van der Waals surface area contributed by atoms with Gasteiger partial charge in [-0.1, -0.05) is 27.2 Å². The van der Waals surface area contributed by atoms with Gasteiger partial charge in [-0.05, 0) is 61.0 Å². The first kappa shape index (κ1) is 19.9. The highest BCUT2D eigenvalue weighted by atomic mass is 79.9. The Hall–Kier alpha value is -3.39. The number of anilines is 1. The fraction of sp³-hybridized carbons (Fsp3) is 0.136. The van der Waals surface area contributed by atoms with Gasteiger partial charge in [0.15, 0.2) is 0 Å². The Kier molecular flexibility index (Phi) is 5.67. The summed E-state index contributed by atoms with van der Waals surface area (Å²) in [4.78, 5) is 17.1. The van der Waals surface area contributed by atoms with Crippen molar-refractivity contribution in [1.82, 2.24) is 14.7 Å². The summed E-state index contributed by atoms with van der Waals surface area (Å²) in [5.41, 5.74) is 3.17. The summed E-state index contributed by atoms with van der Waals surface area (Å²) in [6.07, 6.45) is 1.80. The number of rotatable bonds is 6. The van der Waals surface area contributed by atoms with Crippen LogP contribution in [0.2, 0.25) is 0 Å². The average molecular weight is 467 g/mol. The number of carbonyl (C=O) groups is 1. The van der Waals surface area contributed by atoms with Crippen LogP contribution in [-0.2, 0) is 11.3 Å². The molecule has 30 heavy (non-hydrogen) atoms. The Balaban J connectivity index is 1.52. The summed E-state index contributed by atoms with van der Waals surface area (Å²) in [5.74, 6) is 1.25. The number of aryl methyl sites for hydroxylation is 1. The molecule has 0 fully saturated rings. The fourth-order valence-electron chi connectivity index (χ4n) is 3.05. The number of aromatic nitrogens is 3. The van der Waals surface area contributed by atoms with Gasteiger partial charge >= 0.3 is 0 Å². The summed E-state index contributed by atoms with van der Waals surface area (Å²) in [7, 11) is 1.57. The van der Waals surface area contributed by atoms with Gasteiger partial charge in [-0.15, -0.1) is 0 Å². The van der Waals surface area contributed by atoms with Crippen LogP contribution in [-0.4, -0.2) is 27.7 Å². The molecule has 0 bridgehead atoms. The smallest absolute Gasteiger partial charge is 0.274 e. The standard InChI is InChI=1S/C22H19BrN4O3/c1-14-5-10-19(29-2)17(12-14)24-20(28)13-27-11-3-4-18(27)22-25-21(26-30-22)15-6-8-16(23)9-7-15/h3-12H,13H2,1-2H3,(H,24,28). The lowest BCUT2D eigenvalue weighted by atomic mass is 10.2. The van der Waals surface area contributed by atoms with Crippen LogP contribution in [0.1, 0.15) is 5.56 Å². The maximum atomic E-state index is 12.6. The summed E-state index contributed by atoms with van der Waals surface area (Å²) in [6.45, 7) is 2.05. The molecule has 0 saturated heterocycles. The van der Waals surface area contributed by atoms with Gasteiger partial charge in [-0.2, -0.15) is 4.98 Å². The lowest BCUT2D eigenvalue weighted by molar-refractivity contribution is -0.116. The summed E-state index contributed by atoms with van der Waals surface area (Å²) >= 11 is 3.41. The van der Waals surface area contributed by atoms with E-state index in [-0.39, 0.29) is 12.5 Å². The lowest BCUT2D eigenvalue weighted by Gasteiger charge is -2.12. The third kappa shape index (κ3) is 4.28. The van der Waals surface area contributed by atoms with E-state index in [9.17, 15) is 4.79 Å². The second-order valence-electron chi connectivity index (χ2n) is 6.70. The van der Waals surface area contributed by atoms with Crippen molar-refractivity contribution in [2.24, 2.45) is 0 Å². The minimum Gasteiger partial charge on any atom is -0.495 e. The van der Waals surface area contributed by atoms with Crippen LogP contribution in [0.3, 0.4) is 0 Å². The molecule has 2 aromatic carbocycles. The molecule has 4 rings (SSSR count). The molecule has 8 heteroatoms. The molecule has 1 amide bonds. The predicted molar refractivity (Wildman–Crippen MR) is 117 cm³/mol.